The highest BCUT2D eigenvalue weighted by Crippen LogP contribution is 2.51. The van der Waals surface area contributed by atoms with Crippen molar-refractivity contribution in [2.24, 2.45) is 0 Å². The molecule has 2 aliphatic carbocycles. The number of nitrogens with zero attached hydrogens (tertiary/aromatic N) is 2. The number of rotatable bonds is 3. The molecule has 0 radical (unpaired) electrons. The molecule has 0 saturated heterocycles. The molecule has 0 N–H and O–H groups in total. The first-order valence-electron chi connectivity index (χ1n) is 13.1. The lowest BCUT2D eigenvalue weighted by atomic mass is 9.78. The second kappa shape index (κ2) is 8.25. The van der Waals surface area contributed by atoms with E-state index in [4.69, 9.17) is 0 Å². The van der Waals surface area contributed by atoms with E-state index < -0.39 is 15.6 Å². The average molecular weight is 549 g/mol. The summed E-state index contributed by atoms with van der Waals surface area (Å²) in [6.45, 7) is 0. The Morgan fingerprint density at radius 2 is 1.12 bits per heavy atom. The van der Waals surface area contributed by atoms with Gasteiger partial charge in [-0.05, 0) is 51.7 Å². The van der Waals surface area contributed by atoms with Crippen LogP contribution in [0, 0.1) is 20.2 Å². The molecule has 6 aromatic carbocycles. The third-order valence-corrected chi connectivity index (χ3v) is 8.29. The van der Waals surface area contributed by atoms with Gasteiger partial charge in [0.1, 0.15) is 0 Å². The molecule has 0 unspecified atom stereocenters. The normalized spacial score (nSPS) is 12.8. The lowest BCUT2D eigenvalue weighted by Crippen LogP contribution is -2.12. The molecule has 6 aromatic rings. The van der Waals surface area contributed by atoms with Crippen LogP contribution in [0.1, 0.15) is 31.8 Å². The van der Waals surface area contributed by atoms with Gasteiger partial charge in [-0.15, -0.1) is 0 Å². The second-order valence-electron chi connectivity index (χ2n) is 10.4. The second-order valence-corrected chi connectivity index (χ2v) is 10.4. The first-order chi connectivity index (χ1) is 20.3. The highest BCUT2D eigenvalue weighted by molar-refractivity contribution is 6.29. The Hall–Kier alpha value is -6.02. The Bertz CT molecular complexity index is 2300. The van der Waals surface area contributed by atoms with E-state index in [1.165, 1.54) is 18.2 Å². The van der Waals surface area contributed by atoms with Crippen molar-refractivity contribution in [1.29, 1.82) is 0 Å². The van der Waals surface area contributed by atoms with Crippen molar-refractivity contribution in [3.8, 4) is 33.4 Å². The molecule has 0 fully saturated rings. The molecule has 0 heterocycles. The Labute approximate surface area is 236 Å². The summed E-state index contributed by atoms with van der Waals surface area (Å²) in [5, 5.41) is 27.1. The van der Waals surface area contributed by atoms with E-state index in [1.807, 2.05) is 36.4 Å². The third-order valence-electron chi connectivity index (χ3n) is 8.29. The van der Waals surface area contributed by atoms with Gasteiger partial charge in [0.15, 0.2) is 11.6 Å². The van der Waals surface area contributed by atoms with E-state index in [-0.39, 0.29) is 39.4 Å². The van der Waals surface area contributed by atoms with Crippen LogP contribution in [0.25, 0.3) is 54.9 Å². The predicted octanol–water partition coefficient (Wildman–Crippen LogP) is 7.90. The van der Waals surface area contributed by atoms with E-state index in [0.29, 0.717) is 33.0 Å². The Kier molecular flexibility index (Phi) is 4.68. The summed E-state index contributed by atoms with van der Waals surface area (Å²) in [7, 11) is 0. The minimum absolute atomic E-state index is 0.0511. The van der Waals surface area contributed by atoms with Gasteiger partial charge in [-0.1, -0.05) is 60.7 Å². The maximum atomic E-state index is 13.5. The number of hydrogen-bond acceptors (Lipinski definition) is 6. The molecule has 0 spiro atoms. The number of hydrogen-bond donors (Lipinski definition) is 0. The first kappa shape index (κ1) is 23.8. The maximum absolute atomic E-state index is 13.5. The van der Waals surface area contributed by atoms with Gasteiger partial charge < -0.3 is 0 Å². The molecular formula is C34H16N2O6. The summed E-state index contributed by atoms with van der Waals surface area (Å²) in [4.78, 5) is 50.2. The zero-order valence-corrected chi connectivity index (χ0v) is 21.6. The highest BCUT2D eigenvalue weighted by atomic mass is 16.6. The minimum atomic E-state index is -0.591. The molecule has 0 atom stereocenters. The number of carbonyl (C=O) groups excluding carboxylic acids is 2. The van der Waals surface area contributed by atoms with Gasteiger partial charge >= 0.3 is 0 Å². The molecule has 0 aromatic heterocycles. The van der Waals surface area contributed by atoms with Crippen LogP contribution in [-0.2, 0) is 0 Å². The summed E-state index contributed by atoms with van der Waals surface area (Å²) in [6.07, 6.45) is 0. The van der Waals surface area contributed by atoms with E-state index in [9.17, 15) is 29.8 Å². The Morgan fingerprint density at radius 3 is 1.83 bits per heavy atom. The fourth-order valence-corrected chi connectivity index (χ4v) is 6.55. The molecule has 0 amide bonds. The van der Waals surface area contributed by atoms with Crippen molar-refractivity contribution in [3.63, 3.8) is 0 Å². The van der Waals surface area contributed by atoms with Crippen LogP contribution >= 0.6 is 0 Å². The third kappa shape index (κ3) is 3.06. The van der Waals surface area contributed by atoms with Crippen LogP contribution in [-0.4, -0.2) is 21.4 Å². The smallest absolute Gasteiger partial charge is 0.285 e. The maximum Gasteiger partial charge on any atom is 0.285 e. The van der Waals surface area contributed by atoms with Crippen LogP contribution in [0.5, 0.6) is 0 Å². The van der Waals surface area contributed by atoms with E-state index >= 15 is 0 Å². The SMILES string of the molecule is O=C1c2ccccc2-c2cc(-c3cc4cccc5c4c(c3[N+](=O)[O-])-c3ccc([N+](=O)[O-])cc3C5=O)cc3cccc1c23. The van der Waals surface area contributed by atoms with Crippen molar-refractivity contribution < 1.29 is 19.4 Å². The molecule has 8 nitrogen and oxygen atoms in total. The largest absolute Gasteiger partial charge is 0.289 e. The van der Waals surface area contributed by atoms with Crippen LogP contribution in [0.2, 0.25) is 0 Å². The van der Waals surface area contributed by atoms with Crippen molar-refractivity contribution in [2.75, 3.05) is 0 Å². The van der Waals surface area contributed by atoms with Gasteiger partial charge in [0.25, 0.3) is 11.4 Å². The number of non-ortho nitro benzene ring substituents is 1. The minimum Gasteiger partial charge on any atom is -0.289 e. The summed E-state index contributed by atoms with van der Waals surface area (Å²) in [5.74, 6) is -0.488. The van der Waals surface area contributed by atoms with E-state index in [1.54, 1.807) is 42.5 Å². The van der Waals surface area contributed by atoms with Crippen molar-refractivity contribution in [1.82, 2.24) is 0 Å². The predicted molar refractivity (Wildman–Crippen MR) is 158 cm³/mol. The Morgan fingerprint density at radius 1 is 0.476 bits per heavy atom. The molecular weight excluding hydrogens is 532 g/mol. The summed E-state index contributed by atoms with van der Waals surface area (Å²) < 4.78 is 0. The topological polar surface area (TPSA) is 120 Å². The summed E-state index contributed by atoms with van der Waals surface area (Å²) >= 11 is 0. The lowest BCUT2D eigenvalue weighted by Gasteiger charge is -2.23. The monoisotopic (exact) mass is 548 g/mol. The summed E-state index contributed by atoms with van der Waals surface area (Å²) in [6, 6.07) is 27.2. The summed E-state index contributed by atoms with van der Waals surface area (Å²) in [5.41, 5.74) is 4.01. The number of nitro groups is 2. The number of fused-ring (bicyclic) bond motifs is 4. The van der Waals surface area contributed by atoms with Gasteiger partial charge in [-0.3, -0.25) is 29.8 Å². The van der Waals surface area contributed by atoms with E-state index in [0.717, 1.165) is 21.9 Å². The van der Waals surface area contributed by atoms with Crippen LogP contribution in [0.4, 0.5) is 11.4 Å². The molecule has 8 heteroatoms. The molecule has 0 aliphatic heterocycles. The first-order valence-corrected chi connectivity index (χ1v) is 13.1. The fraction of sp³-hybridized carbons (Fsp3) is 0. The van der Waals surface area contributed by atoms with E-state index in [2.05, 4.69) is 0 Å². The quantitative estimate of drug-likeness (QED) is 0.163. The molecule has 42 heavy (non-hydrogen) atoms. The van der Waals surface area contributed by atoms with Crippen molar-refractivity contribution in [2.45, 2.75) is 0 Å². The zero-order valence-electron chi connectivity index (χ0n) is 21.6. The zero-order chi connectivity index (χ0) is 28.9. The van der Waals surface area contributed by atoms with Crippen molar-refractivity contribution >= 4 is 44.5 Å². The Balaban J connectivity index is 1.51. The van der Waals surface area contributed by atoms with Gasteiger partial charge in [-0.25, -0.2) is 0 Å². The van der Waals surface area contributed by atoms with Gasteiger partial charge in [0, 0.05) is 50.7 Å². The van der Waals surface area contributed by atoms with Crippen LogP contribution in [0.15, 0.2) is 97.1 Å². The van der Waals surface area contributed by atoms with Crippen LogP contribution in [0.3, 0.4) is 0 Å². The molecule has 0 bridgehead atoms. The molecule has 0 saturated carbocycles. The highest BCUT2D eigenvalue weighted by Gasteiger charge is 2.35. The molecule has 2 aliphatic rings. The van der Waals surface area contributed by atoms with Gasteiger partial charge in [0.05, 0.1) is 21.0 Å². The molecule has 198 valence electrons. The fourth-order valence-electron chi connectivity index (χ4n) is 6.55. The standard InChI is InChI=1S/C34H16N2O6/c37-33-23-8-2-1-7-21(23)27-15-19(13-17-5-3-9-24(33)29(17)27)26-14-18-6-4-10-25-30(18)31(32(26)36(41)42)22-12-11-20(35(39)40)16-28(22)34(25)38/h1-16H. The number of carbonyl (C=O) groups is 2. The lowest BCUT2D eigenvalue weighted by molar-refractivity contribution is -0.385. The number of nitro benzene ring substituents is 2. The molecule has 8 rings (SSSR count). The van der Waals surface area contributed by atoms with Gasteiger partial charge in [0.2, 0.25) is 0 Å². The number of benzene rings is 6. The van der Waals surface area contributed by atoms with Gasteiger partial charge in [-0.2, -0.15) is 0 Å². The van der Waals surface area contributed by atoms with Crippen molar-refractivity contribution in [3.05, 3.63) is 140 Å². The average Bonchev–Trinajstić information content (AvgIpc) is 3.01. The number of ketones is 2. The van der Waals surface area contributed by atoms with Crippen LogP contribution < -0.4 is 0 Å².